The van der Waals surface area contributed by atoms with E-state index in [9.17, 15) is 15.0 Å². The fraction of sp³-hybridized carbons (Fsp3) is 0.421. The highest BCUT2D eigenvalue weighted by Crippen LogP contribution is 2.28. The van der Waals surface area contributed by atoms with E-state index in [4.69, 9.17) is 11.6 Å². The fourth-order valence-electron chi connectivity index (χ4n) is 3.65. The van der Waals surface area contributed by atoms with Crippen LogP contribution in [0.4, 0.5) is 5.82 Å². The molecule has 2 aliphatic rings. The first-order valence-electron chi connectivity index (χ1n) is 9.32. The topological polar surface area (TPSA) is 124 Å². The lowest BCUT2D eigenvalue weighted by atomic mass is 10.1. The summed E-state index contributed by atoms with van der Waals surface area (Å²) in [7, 11) is 1.67. The van der Waals surface area contributed by atoms with Gasteiger partial charge in [0.1, 0.15) is 23.0 Å². The van der Waals surface area contributed by atoms with Gasteiger partial charge in [-0.3, -0.25) is 9.79 Å². The number of likely N-dealkylation sites (N-methyl/N-ethyl adjacent to an activating group) is 1. The maximum absolute atomic E-state index is 13.1. The van der Waals surface area contributed by atoms with Crippen molar-refractivity contribution < 1.29 is 15.0 Å². The molecule has 0 saturated heterocycles. The van der Waals surface area contributed by atoms with E-state index >= 15 is 0 Å². The molecule has 1 aliphatic heterocycles. The average molecular weight is 417 g/mol. The molecule has 0 unspecified atom stereocenters. The molecule has 1 fully saturated rings. The second kappa shape index (κ2) is 8.02. The Balaban J connectivity index is 1.56. The van der Waals surface area contributed by atoms with Gasteiger partial charge >= 0.3 is 0 Å². The average Bonchev–Trinajstić information content (AvgIpc) is 3.28. The standard InChI is InChI=1S/C19H21ClN6O3/c1-26(8-10-3-2-6-21-17(10)20)19(29)15-14-12(7-22-15)23-9-24-18(14)25-11-4-5-13(27)16(11)28/h2-3,6,9,11,13,16,27-28H,4-5,7-8H2,1H3,(H,23,24,25)/t11-,13-,16+/m1/s1. The Morgan fingerprint density at radius 3 is 2.86 bits per heavy atom. The second-order valence-electron chi connectivity index (χ2n) is 7.21. The van der Waals surface area contributed by atoms with Crippen LogP contribution in [0, 0.1) is 0 Å². The van der Waals surface area contributed by atoms with E-state index in [-0.39, 0.29) is 30.8 Å². The highest BCUT2D eigenvalue weighted by molar-refractivity contribution is 6.47. The summed E-state index contributed by atoms with van der Waals surface area (Å²) in [5.74, 6) is 0.152. The van der Waals surface area contributed by atoms with E-state index in [0.717, 1.165) is 5.56 Å². The molecule has 0 spiro atoms. The molecular weight excluding hydrogens is 396 g/mol. The zero-order chi connectivity index (χ0) is 20.5. The van der Waals surface area contributed by atoms with Gasteiger partial charge in [-0.05, 0) is 18.9 Å². The molecule has 152 valence electrons. The summed E-state index contributed by atoms with van der Waals surface area (Å²) >= 11 is 6.11. The van der Waals surface area contributed by atoms with Crippen molar-refractivity contribution in [3.05, 3.63) is 46.6 Å². The van der Waals surface area contributed by atoms with Crippen molar-refractivity contribution in [2.75, 3.05) is 12.4 Å². The summed E-state index contributed by atoms with van der Waals surface area (Å²) in [6, 6.07) is 3.22. The molecule has 9 nitrogen and oxygen atoms in total. The normalized spacial score (nSPS) is 22.9. The van der Waals surface area contributed by atoms with Crippen molar-refractivity contribution in [3.63, 3.8) is 0 Å². The summed E-state index contributed by atoms with van der Waals surface area (Å²) < 4.78 is 0. The van der Waals surface area contributed by atoms with Crippen molar-refractivity contribution in [2.24, 2.45) is 4.99 Å². The van der Waals surface area contributed by atoms with Crippen molar-refractivity contribution in [1.29, 1.82) is 0 Å². The van der Waals surface area contributed by atoms with Gasteiger partial charge in [-0.15, -0.1) is 0 Å². The number of aliphatic hydroxyl groups is 2. The maximum atomic E-state index is 13.1. The van der Waals surface area contributed by atoms with Gasteiger partial charge in [-0.1, -0.05) is 17.7 Å². The molecule has 1 amide bonds. The molecule has 0 bridgehead atoms. The molecule has 2 aromatic heterocycles. The van der Waals surface area contributed by atoms with Crippen molar-refractivity contribution in [3.8, 4) is 0 Å². The zero-order valence-corrected chi connectivity index (χ0v) is 16.5. The van der Waals surface area contributed by atoms with Crippen LogP contribution in [0.5, 0.6) is 0 Å². The fourth-order valence-corrected chi connectivity index (χ4v) is 3.83. The number of aliphatic hydroxyl groups excluding tert-OH is 2. The van der Waals surface area contributed by atoms with Crippen LogP contribution in [0.1, 0.15) is 29.7 Å². The number of amides is 1. The van der Waals surface area contributed by atoms with Crippen LogP contribution in [0.15, 0.2) is 29.6 Å². The van der Waals surface area contributed by atoms with Crippen LogP contribution in [0.3, 0.4) is 0 Å². The van der Waals surface area contributed by atoms with Crippen LogP contribution in [-0.2, 0) is 17.9 Å². The number of anilines is 1. The number of pyridine rings is 1. The minimum atomic E-state index is -0.895. The number of carbonyl (C=O) groups is 1. The molecule has 3 N–H and O–H groups in total. The molecule has 2 aromatic rings. The summed E-state index contributed by atoms with van der Waals surface area (Å²) in [5, 5.41) is 23.4. The number of nitrogens with zero attached hydrogens (tertiary/aromatic N) is 5. The smallest absolute Gasteiger partial charge is 0.272 e. The van der Waals surface area contributed by atoms with Crippen LogP contribution in [-0.4, -0.2) is 67.0 Å². The third kappa shape index (κ3) is 3.81. The molecule has 4 rings (SSSR count). The Morgan fingerprint density at radius 1 is 1.31 bits per heavy atom. The maximum Gasteiger partial charge on any atom is 0.272 e. The third-order valence-electron chi connectivity index (χ3n) is 5.24. The minimum absolute atomic E-state index is 0.263. The number of carbonyl (C=O) groups excluding carboxylic acids is 1. The molecular formula is C19H21ClN6O3. The number of nitrogens with one attached hydrogen (secondary N) is 1. The number of hydrogen-bond donors (Lipinski definition) is 3. The predicted octanol–water partition coefficient (Wildman–Crippen LogP) is 0.782. The molecule has 3 atom stereocenters. The summed E-state index contributed by atoms with van der Waals surface area (Å²) in [4.78, 5) is 31.5. The molecule has 1 saturated carbocycles. The second-order valence-corrected chi connectivity index (χ2v) is 7.57. The monoisotopic (exact) mass is 416 g/mol. The lowest BCUT2D eigenvalue weighted by Gasteiger charge is -2.21. The molecule has 10 heteroatoms. The Morgan fingerprint density at radius 2 is 2.14 bits per heavy atom. The first-order valence-corrected chi connectivity index (χ1v) is 9.69. The van der Waals surface area contributed by atoms with Crippen LogP contribution >= 0.6 is 11.6 Å². The lowest BCUT2D eigenvalue weighted by Crippen LogP contribution is -2.36. The molecule has 1 aliphatic carbocycles. The Labute approximate surface area is 172 Å². The summed E-state index contributed by atoms with van der Waals surface area (Å²) in [6.07, 6.45) is 2.43. The minimum Gasteiger partial charge on any atom is -0.390 e. The van der Waals surface area contributed by atoms with Crippen LogP contribution in [0.2, 0.25) is 5.15 Å². The van der Waals surface area contributed by atoms with Crippen molar-refractivity contribution in [2.45, 2.75) is 44.2 Å². The Hall–Kier alpha value is -2.62. The first kappa shape index (κ1) is 19.7. The van der Waals surface area contributed by atoms with Gasteiger partial charge in [-0.25, -0.2) is 15.0 Å². The van der Waals surface area contributed by atoms with Gasteiger partial charge < -0.3 is 20.4 Å². The van der Waals surface area contributed by atoms with Gasteiger partial charge in [0.2, 0.25) is 0 Å². The van der Waals surface area contributed by atoms with E-state index in [1.54, 1.807) is 19.3 Å². The quantitative estimate of drug-likeness (QED) is 0.615. The number of hydrogen-bond acceptors (Lipinski definition) is 8. The van der Waals surface area contributed by atoms with Gasteiger partial charge in [-0.2, -0.15) is 0 Å². The number of rotatable bonds is 5. The third-order valence-corrected chi connectivity index (χ3v) is 5.59. The number of aliphatic imine (C=N–C) groups is 1. The predicted molar refractivity (Wildman–Crippen MR) is 107 cm³/mol. The van der Waals surface area contributed by atoms with Gasteiger partial charge in [0, 0.05) is 25.4 Å². The van der Waals surface area contributed by atoms with E-state index in [1.165, 1.54) is 11.2 Å². The van der Waals surface area contributed by atoms with Crippen LogP contribution in [0.25, 0.3) is 0 Å². The molecule has 0 radical (unpaired) electrons. The van der Waals surface area contributed by atoms with E-state index in [2.05, 4.69) is 25.3 Å². The van der Waals surface area contributed by atoms with E-state index < -0.39 is 12.2 Å². The van der Waals surface area contributed by atoms with Gasteiger partial charge in [0.05, 0.1) is 36.1 Å². The lowest BCUT2D eigenvalue weighted by molar-refractivity contribution is -0.123. The van der Waals surface area contributed by atoms with E-state index in [1.807, 2.05) is 6.07 Å². The first-order chi connectivity index (χ1) is 14.0. The highest BCUT2D eigenvalue weighted by Gasteiger charge is 2.36. The largest absolute Gasteiger partial charge is 0.390 e. The molecule has 0 aromatic carbocycles. The number of aromatic nitrogens is 3. The number of halogens is 1. The molecule has 3 heterocycles. The van der Waals surface area contributed by atoms with Gasteiger partial charge in [0.15, 0.2) is 0 Å². The zero-order valence-electron chi connectivity index (χ0n) is 15.8. The number of fused-ring (bicyclic) bond motifs is 1. The molecule has 29 heavy (non-hydrogen) atoms. The van der Waals surface area contributed by atoms with Crippen molar-refractivity contribution in [1.82, 2.24) is 19.9 Å². The summed E-state index contributed by atoms with van der Waals surface area (Å²) in [6.45, 7) is 0.564. The van der Waals surface area contributed by atoms with Crippen LogP contribution < -0.4 is 5.32 Å². The SMILES string of the molecule is CN(Cc1cccnc1Cl)C(=O)C1=NCc2ncnc(N[C@@H]3CC[C@@H](O)[C@H]3O)c21. The van der Waals surface area contributed by atoms with E-state index in [0.29, 0.717) is 35.1 Å². The summed E-state index contributed by atoms with van der Waals surface area (Å²) in [5.41, 5.74) is 2.18. The van der Waals surface area contributed by atoms with Gasteiger partial charge in [0.25, 0.3) is 5.91 Å². The Bertz CT molecular complexity index is 969. The Kier molecular flexibility index (Phi) is 5.44. The highest BCUT2D eigenvalue weighted by atomic mass is 35.5. The van der Waals surface area contributed by atoms with Crippen molar-refractivity contribution >= 4 is 29.0 Å².